The molecule has 3 unspecified atom stereocenters. The number of nitrogens with zero attached hydrogens (tertiary/aromatic N) is 3. The summed E-state index contributed by atoms with van der Waals surface area (Å²) in [4.78, 5) is 27.1. The van der Waals surface area contributed by atoms with Gasteiger partial charge >= 0.3 is 5.97 Å². The first kappa shape index (κ1) is 14.9. The molecule has 1 heterocycles. The fourth-order valence-corrected chi connectivity index (χ4v) is 3.95. The highest BCUT2D eigenvalue weighted by Crippen LogP contribution is 2.46. The van der Waals surface area contributed by atoms with Crippen molar-refractivity contribution in [2.24, 2.45) is 11.8 Å². The number of nitro groups is 1. The molecule has 2 saturated carbocycles. The lowest BCUT2D eigenvalue weighted by atomic mass is 9.98. The summed E-state index contributed by atoms with van der Waals surface area (Å²) in [6.45, 7) is 0. The number of ether oxygens (including phenoxy) is 1. The topological polar surface area (TPSA) is 87.3 Å². The van der Waals surface area contributed by atoms with Gasteiger partial charge in [-0.1, -0.05) is 0 Å². The van der Waals surface area contributed by atoms with E-state index in [2.05, 4.69) is 4.98 Å². The normalized spacial score (nSPS) is 24.9. The SMILES string of the molecule is O=C(OC1CC2CCC1C2)c1ccc(-n2ccnc2)c([N+](=O)[O-])c1. The van der Waals surface area contributed by atoms with Gasteiger partial charge in [0.05, 0.1) is 16.8 Å². The van der Waals surface area contributed by atoms with Crippen LogP contribution in [0, 0.1) is 22.0 Å². The molecule has 2 aromatic rings. The number of benzene rings is 1. The van der Waals surface area contributed by atoms with Crippen molar-refractivity contribution in [3.63, 3.8) is 0 Å². The Balaban J connectivity index is 1.58. The van der Waals surface area contributed by atoms with Gasteiger partial charge in [-0.25, -0.2) is 9.78 Å². The first-order valence-corrected chi connectivity index (χ1v) is 8.09. The van der Waals surface area contributed by atoms with E-state index >= 15 is 0 Å². The summed E-state index contributed by atoms with van der Waals surface area (Å²) in [7, 11) is 0. The maximum Gasteiger partial charge on any atom is 0.338 e. The third-order valence-electron chi connectivity index (χ3n) is 5.12. The summed E-state index contributed by atoms with van der Waals surface area (Å²) in [5, 5.41) is 11.4. The van der Waals surface area contributed by atoms with Crippen LogP contribution in [-0.2, 0) is 4.74 Å². The second-order valence-corrected chi connectivity index (χ2v) is 6.55. The van der Waals surface area contributed by atoms with E-state index in [9.17, 15) is 14.9 Å². The molecule has 0 aliphatic heterocycles. The summed E-state index contributed by atoms with van der Waals surface area (Å²) in [6, 6.07) is 4.40. The van der Waals surface area contributed by atoms with Crippen molar-refractivity contribution in [2.45, 2.75) is 31.8 Å². The van der Waals surface area contributed by atoms with Gasteiger partial charge in [0.25, 0.3) is 5.69 Å². The molecule has 0 N–H and O–H groups in total. The zero-order chi connectivity index (χ0) is 16.7. The van der Waals surface area contributed by atoms with Gasteiger partial charge < -0.3 is 9.30 Å². The lowest BCUT2D eigenvalue weighted by molar-refractivity contribution is -0.384. The fraction of sp³-hybridized carbons (Fsp3) is 0.412. The van der Waals surface area contributed by atoms with Crippen LogP contribution in [0.25, 0.3) is 5.69 Å². The molecular weight excluding hydrogens is 310 g/mol. The van der Waals surface area contributed by atoms with Gasteiger partial charge in [0.2, 0.25) is 0 Å². The predicted octanol–water partition coefficient (Wildman–Crippen LogP) is 3.13. The molecular formula is C17H17N3O4. The zero-order valence-corrected chi connectivity index (χ0v) is 13.0. The van der Waals surface area contributed by atoms with Crippen LogP contribution in [0.4, 0.5) is 5.69 Å². The van der Waals surface area contributed by atoms with Crippen molar-refractivity contribution in [1.29, 1.82) is 0 Å². The van der Waals surface area contributed by atoms with E-state index in [-0.39, 0.29) is 17.4 Å². The number of nitro benzene ring substituents is 1. The summed E-state index contributed by atoms with van der Waals surface area (Å²) >= 11 is 0. The largest absolute Gasteiger partial charge is 0.458 e. The number of hydrogen-bond acceptors (Lipinski definition) is 5. The number of esters is 1. The third-order valence-corrected chi connectivity index (χ3v) is 5.12. The van der Waals surface area contributed by atoms with Crippen molar-refractivity contribution < 1.29 is 14.5 Å². The minimum Gasteiger partial charge on any atom is -0.458 e. The monoisotopic (exact) mass is 327 g/mol. The minimum absolute atomic E-state index is 0.0383. The first-order valence-electron chi connectivity index (χ1n) is 8.09. The lowest BCUT2D eigenvalue weighted by Crippen LogP contribution is -2.24. The molecule has 0 saturated heterocycles. The van der Waals surface area contributed by atoms with Gasteiger partial charge in [-0.3, -0.25) is 10.1 Å². The number of imidazole rings is 1. The lowest BCUT2D eigenvalue weighted by Gasteiger charge is -2.21. The van der Waals surface area contributed by atoms with E-state index < -0.39 is 10.9 Å². The number of fused-ring (bicyclic) bond motifs is 2. The van der Waals surface area contributed by atoms with Gasteiger partial charge in [-0.05, 0) is 49.7 Å². The number of carbonyl (C=O) groups excluding carboxylic acids is 1. The quantitative estimate of drug-likeness (QED) is 0.489. The Kier molecular flexibility index (Phi) is 3.55. The third kappa shape index (κ3) is 2.55. The second-order valence-electron chi connectivity index (χ2n) is 6.55. The molecule has 1 aromatic heterocycles. The fourth-order valence-electron chi connectivity index (χ4n) is 3.95. The van der Waals surface area contributed by atoms with Crippen molar-refractivity contribution in [3.05, 3.63) is 52.6 Å². The average molecular weight is 327 g/mol. The van der Waals surface area contributed by atoms with Gasteiger partial charge in [-0.15, -0.1) is 0 Å². The summed E-state index contributed by atoms with van der Waals surface area (Å²) in [6.07, 6.45) is 9.00. The van der Waals surface area contributed by atoms with E-state index in [1.165, 1.54) is 18.8 Å². The number of hydrogen-bond donors (Lipinski definition) is 0. The number of carbonyl (C=O) groups is 1. The maximum atomic E-state index is 12.4. The molecule has 124 valence electrons. The van der Waals surface area contributed by atoms with Crippen molar-refractivity contribution in [2.75, 3.05) is 0 Å². The molecule has 0 spiro atoms. The molecule has 4 rings (SSSR count). The van der Waals surface area contributed by atoms with Crippen LogP contribution in [0.2, 0.25) is 0 Å². The average Bonchev–Trinajstić information content (AvgIpc) is 3.32. The van der Waals surface area contributed by atoms with Crippen molar-refractivity contribution in [3.8, 4) is 5.69 Å². The highest BCUT2D eigenvalue weighted by molar-refractivity contribution is 5.91. The Morgan fingerprint density at radius 2 is 2.21 bits per heavy atom. The molecule has 2 fully saturated rings. The Hall–Kier alpha value is -2.70. The molecule has 2 aliphatic carbocycles. The van der Waals surface area contributed by atoms with E-state index in [0.29, 0.717) is 17.5 Å². The highest BCUT2D eigenvalue weighted by atomic mass is 16.6. The molecule has 2 aliphatic rings. The number of aromatic nitrogens is 2. The van der Waals surface area contributed by atoms with Gasteiger partial charge in [0.15, 0.2) is 0 Å². The van der Waals surface area contributed by atoms with E-state index in [1.807, 2.05) is 0 Å². The van der Waals surface area contributed by atoms with Crippen LogP contribution >= 0.6 is 0 Å². The zero-order valence-electron chi connectivity index (χ0n) is 13.0. The van der Waals surface area contributed by atoms with Gasteiger partial charge in [0.1, 0.15) is 11.8 Å². The maximum absolute atomic E-state index is 12.4. The van der Waals surface area contributed by atoms with Crippen LogP contribution in [0.3, 0.4) is 0 Å². The predicted molar refractivity (Wildman–Crippen MR) is 84.9 cm³/mol. The van der Waals surface area contributed by atoms with Gasteiger partial charge in [0, 0.05) is 18.5 Å². The summed E-state index contributed by atoms with van der Waals surface area (Å²) in [5.74, 6) is 0.651. The Labute approximate surface area is 138 Å². The highest BCUT2D eigenvalue weighted by Gasteiger charge is 2.41. The van der Waals surface area contributed by atoms with Gasteiger partial charge in [-0.2, -0.15) is 0 Å². The molecule has 7 nitrogen and oxygen atoms in total. The molecule has 3 atom stereocenters. The minimum atomic E-state index is -0.496. The standard InChI is InChI=1S/C17H17N3O4/c21-17(24-16-8-11-1-2-12(16)7-11)13-3-4-14(15(9-13)20(22)23)19-6-5-18-10-19/h3-6,9-12,16H,1-2,7-8H2. The summed E-state index contributed by atoms with van der Waals surface area (Å²) in [5.41, 5.74) is 0.442. The second kappa shape index (κ2) is 5.74. The van der Waals surface area contributed by atoms with E-state index in [1.54, 1.807) is 29.1 Å². The van der Waals surface area contributed by atoms with E-state index in [4.69, 9.17) is 4.74 Å². The number of rotatable bonds is 4. The van der Waals surface area contributed by atoms with Crippen LogP contribution in [0.1, 0.15) is 36.0 Å². The Morgan fingerprint density at radius 1 is 1.33 bits per heavy atom. The van der Waals surface area contributed by atoms with Crippen molar-refractivity contribution in [1.82, 2.24) is 9.55 Å². The van der Waals surface area contributed by atoms with E-state index in [0.717, 1.165) is 19.3 Å². The molecule has 7 heteroatoms. The molecule has 1 aromatic carbocycles. The van der Waals surface area contributed by atoms with Crippen LogP contribution in [0.15, 0.2) is 36.9 Å². The molecule has 24 heavy (non-hydrogen) atoms. The summed E-state index contributed by atoms with van der Waals surface area (Å²) < 4.78 is 7.16. The van der Waals surface area contributed by atoms with Crippen LogP contribution in [0.5, 0.6) is 0 Å². The molecule has 0 amide bonds. The van der Waals surface area contributed by atoms with Crippen LogP contribution < -0.4 is 0 Å². The molecule has 0 radical (unpaired) electrons. The first-order chi connectivity index (χ1) is 11.6. The smallest absolute Gasteiger partial charge is 0.338 e. The Morgan fingerprint density at radius 3 is 2.83 bits per heavy atom. The Bertz CT molecular complexity index is 787. The molecule has 2 bridgehead atoms. The van der Waals surface area contributed by atoms with Crippen LogP contribution in [-0.4, -0.2) is 26.5 Å². The van der Waals surface area contributed by atoms with Crippen molar-refractivity contribution >= 4 is 11.7 Å².